The van der Waals surface area contributed by atoms with Crippen LogP contribution >= 0.6 is 12.2 Å². The van der Waals surface area contributed by atoms with E-state index in [0.29, 0.717) is 27.9 Å². The summed E-state index contributed by atoms with van der Waals surface area (Å²) in [4.78, 5) is 17.9. The largest absolute Gasteiger partial charge is 0.478 e. The molecule has 1 saturated heterocycles. The molecular formula is C27H24N4O5S2. The number of thiocarbonyl (C=S) groups is 1. The molecule has 9 nitrogen and oxygen atoms in total. The van der Waals surface area contributed by atoms with Crippen LogP contribution < -0.4 is 14.9 Å². The van der Waals surface area contributed by atoms with Gasteiger partial charge in [-0.3, -0.25) is 9.71 Å². The molecular weight excluding hydrogens is 524 g/mol. The fourth-order valence-electron chi connectivity index (χ4n) is 4.51. The van der Waals surface area contributed by atoms with Gasteiger partial charge in [0, 0.05) is 17.4 Å². The zero-order valence-electron chi connectivity index (χ0n) is 20.5. The van der Waals surface area contributed by atoms with Gasteiger partial charge < -0.3 is 19.7 Å². The van der Waals surface area contributed by atoms with Crippen molar-refractivity contribution in [3.8, 4) is 11.3 Å². The van der Waals surface area contributed by atoms with Crippen molar-refractivity contribution in [2.75, 3.05) is 15.9 Å². The smallest absolute Gasteiger partial charge is 0.335 e. The lowest BCUT2D eigenvalue weighted by atomic mass is 10.0. The van der Waals surface area contributed by atoms with Crippen molar-refractivity contribution in [1.29, 1.82) is 0 Å². The van der Waals surface area contributed by atoms with Crippen LogP contribution in [0.15, 0.2) is 83.4 Å². The first kappa shape index (κ1) is 25.4. The number of pyridine rings is 1. The predicted octanol–water partition coefficient (Wildman–Crippen LogP) is 4.90. The zero-order valence-corrected chi connectivity index (χ0v) is 22.1. The number of rotatable bonds is 7. The van der Waals surface area contributed by atoms with E-state index in [4.69, 9.17) is 16.6 Å². The van der Waals surface area contributed by atoms with Gasteiger partial charge in [0.1, 0.15) is 17.6 Å². The highest BCUT2D eigenvalue weighted by molar-refractivity contribution is 7.92. The van der Waals surface area contributed by atoms with Crippen molar-refractivity contribution in [3.05, 3.63) is 102 Å². The number of furan rings is 1. The van der Waals surface area contributed by atoms with Gasteiger partial charge in [-0.05, 0) is 79.3 Å². The fourth-order valence-corrected chi connectivity index (χ4v) is 5.48. The molecule has 0 aliphatic carbocycles. The van der Waals surface area contributed by atoms with E-state index >= 15 is 0 Å². The second kappa shape index (κ2) is 9.92. The minimum Gasteiger partial charge on any atom is -0.478 e. The number of aromatic nitrogens is 1. The molecule has 1 aliphatic rings. The molecule has 0 saturated carbocycles. The molecule has 11 heteroatoms. The quantitative estimate of drug-likeness (QED) is 0.277. The van der Waals surface area contributed by atoms with Crippen LogP contribution in [0.5, 0.6) is 0 Å². The van der Waals surface area contributed by atoms with Crippen molar-refractivity contribution in [2.45, 2.75) is 19.0 Å². The minimum absolute atomic E-state index is 0.162. The number of anilines is 2. The highest BCUT2D eigenvalue weighted by Gasteiger charge is 2.42. The first-order chi connectivity index (χ1) is 18.1. The normalized spacial score (nSPS) is 17.3. The van der Waals surface area contributed by atoms with E-state index in [2.05, 4.69) is 15.0 Å². The van der Waals surface area contributed by atoms with Gasteiger partial charge in [-0.2, -0.15) is 0 Å². The number of hydrogen-bond acceptors (Lipinski definition) is 6. The maximum absolute atomic E-state index is 11.8. The van der Waals surface area contributed by atoms with E-state index in [9.17, 15) is 18.3 Å². The van der Waals surface area contributed by atoms with Crippen molar-refractivity contribution < 1.29 is 22.7 Å². The summed E-state index contributed by atoms with van der Waals surface area (Å²) in [5.74, 6) is 0.0961. The third-order valence-corrected chi connectivity index (χ3v) is 7.10. The third-order valence-electron chi connectivity index (χ3n) is 6.19. The molecule has 1 aliphatic heterocycles. The van der Waals surface area contributed by atoms with Gasteiger partial charge in [-0.25, -0.2) is 13.2 Å². The molecule has 0 amide bonds. The highest BCUT2D eigenvalue weighted by atomic mass is 32.2. The molecule has 0 spiro atoms. The van der Waals surface area contributed by atoms with E-state index in [1.54, 1.807) is 42.6 Å². The molecule has 0 radical (unpaired) electrons. The Balaban J connectivity index is 1.58. The van der Waals surface area contributed by atoms with Crippen LogP contribution in [-0.4, -0.2) is 35.8 Å². The number of hydrogen-bond donors (Lipinski definition) is 3. The number of aryl methyl sites for hydroxylation is 1. The Hall–Kier alpha value is -4.22. The number of benzene rings is 2. The first-order valence-electron chi connectivity index (χ1n) is 11.6. The molecule has 3 N–H and O–H groups in total. The predicted molar refractivity (Wildman–Crippen MR) is 149 cm³/mol. The van der Waals surface area contributed by atoms with Crippen molar-refractivity contribution >= 4 is 44.7 Å². The summed E-state index contributed by atoms with van der Waals surface area (Å²) in [5.41, 5.74) is 3.51. The molecule has 3 heterocycles. The van der Waals surface area contributed by atoms with Gasteiger partial charge in [0.2, 0.25) is 10.0 Å². The van der Waals surface area contributed by atoms with Crippen LogP contribution in [0.1, 0.15) is 39.5 Å². The third kappa shape index (κ3) is 5.11. The van der Waals surface area contributed by atoms with E-state index in [1.165, 1.54) is 6.07 Å². The van der Waals surface area contributed by atoms with Gasteiger partial charge in [-0.1, -0.05) is 18.2 Å². The van der Waals surface area contributed by atoms with Gasteiger partial charge in [0.15, 0.2) is 5.11 Å². The topological polar surface area (TPSA) is 125 Å². The number of carboxylic acid groups (broad SMARTS) is 1. The van der Waals surface area contributed by atoms with Gasteiger partial charge in [-0.15, -0.1) is 0 Å². The number of aromatic carboxylic acids is 1. The Morgan fingerprint density at radius 2 is 1.92 bits per heavy atom. The Kier molecular flexibility index (Phi) is 6.64. The van der Waals surface area contributed by atoms with Crippen LogP contribution in [0.3, 0.4) is 0 Å². The van der Waals surface area contributed by atoms with Gasteiger partial charge >= 0.3 is 5.97 Å². The lowest BCUT2D eigenvalue weighted by molar-refractivity contribution is 0.0697. The molecule has 194 valence electrons. The summed E-state index contributed by atoms with van der Waals surface area (Å²) >= 11 is 5.76. The monoisotopic (exact) mass is 548 g/mol. The molecule has 0 bridgehead atoms. The Morgan fingerprint density at radius 3 is 2.61 bits per heavy atom. The molecule has 1 fully saturated rings. The lowest BCUT2D eigenvalue weighted by Crippen LogP contribution is -2.29. The van der Waals surface area contributed by atoms with Crippen LogP contribution in [0.2, 0.25) is 0 Å². The zero-order chi connectivity index (χ0) is 27.0. The molecule has 5 rings (SSSR count). The fraction of sp³-hybridized carbons (Fsp3) is 0.148. The average molecular weight is 549 g/mol. The van der Waals surface area contributed by atoms with Crippen LogP contribution in [0.4, 0.5) is 11.4 Å². The van der Waals surface area contributed by atoms with E-state index in [-0.39, 0.29) is 11.6 Å². The van der Waals surface area contributed by atoms with Gasteiger partial charge in [0.25, 0.3) is 0 Å². The number of carbonyl (C=O) groups is 1. The van der Waals surface area contributed by atoms with Crippen LogP contribution in [0.25, 0.3) is 11.3 Å². The first-order valence-corrected chi connectivity index (χ1v) is 13.9. The van der Waals surface area contributed by atoms with E-state index in [0.717, 1.165) is 23.2 Å². The summed E-state index contributed by atoms with van der Waals surface area (Å²) in [7, 11) is -3.43. The number of sulfonamides is 1. The second-order valence-corrected chi connectivity index (χ2v) is 11.1. The summed E-state index contributed by atoms with van der Waals surface area (Å²) in [6.07, 6.45) is 2.81. The van der Waals surface area contributed by atoms with Crippen LogP contribution in [-0.2, 0) is 10.0 Å². The summed E-state index contributed by atoms with van der Waals surface area (Å²) in [5, 5.41) is 13.2. The Bertz CT molecular complexity index is 1640. The second-order valence-electron chi connectivity index (χ2n) is 8.96. The molecule has 2 aromatic carbocycles. The number of nitrogens with one attached hydrogen (secondary N) is 2. The summed E-state index contributed by atoms with van der Waals surface area (Å²) in [6, 6.07) is 20.4. The number of carboxylic acids is 1. The standard InChI is InChI=1S/C27H24N4O5S2/c1-16-14-19(9-10-20(16)30-38(2,34)35)31-25(24(29-27(31)37)21-8-3-4-13-28-21)23-12-11-22(36-23)17-6-5-7-18(15-17)26(32)33/h3-15,24-25,30H,1-2H3,(H,29,37)(H,32,33). The molecule has 38 heavy (non-hydrogen) atoms. The molecule has 2 aromatic heterocycles. The molecule has 2 atom stereocenters. The Morgan fingerprint density at radius 1 is 1.11 bits per heavy atom. The lowest BCUT2D eigenvalue weighted by Gasteiger charge is -2.26. The maximum Gasteiger partial charge on any atom is 0.335 e. The minimum atomic E-state index is -3.43. The number of nitrogens with zero attached hydrogens (tertiary/aromatic N) is 2. The summed E-state index contributed by atoms with van der Waals surface area (Å²) < 4.78 is 32.3. The van der Waals surface area contributed by atoms with E-state index in [1.807, 2.05) is 42.2 Å². The van der Waals surface area contributed by atoms with Crippen molar-refractivity contribution in [1.82, 2.24) is 10.3 Å². The van der Waals surface area contributed by atoms with Crippen LogP contribution in [0, 0.1) is 6.92 Å². The summed E-state index contributed by atoms with van der Waals surface area (Å²) in [6.45, 7) is 1.81. The average Bonchev–Trinajstić information content (AvgIpc) is 3.50. The van der Waals surface area contributed by atoms with E-state index < -0.39 is 22.0 Å². The van der Waals surface area contributed by atoms with Crippen molar-refractivity contribution in [2.24, 2.45) is 0 Å². The van der Waals surface area contributed by atoms with Crippen molar-refractivity contribution in [3.63, 3.8) is 0 Å². The molecule has 4 aromatic rings. The Labute approximate surface area is 225 Å². The van der Waals surface area contributed by atoms with Gasteiger partial charge in [0.05, 0.1) is 29.2 Å². The highest BCUT2D eigenvalue weighted by Crippen LogP contribution is 2.43. The maximum atomic E-state index is 11.8. The molecule has 2 unspecified atom stereocenters. The SMILES string of the molecule is Cc1cc(N2C(=S)NC(c3ccccn3)C2c2ccc(-c3cccc(C(=O)O)c3)o2)ccc1NS(C)(=O)=O.